The van der Waals surface area contributed by atoms with Gasteiger partial charge in [0.1, 0.15) is 23.0 Å². The standard InChI is InChI=1S/C21H22FNO5S/c1-4-27-18(24)11-17-21(29)23-15-10-12(22)8-9-13(15)19(28-17)14-6-5-7-16(25-2)20(14)26-3/h5-10,17,19H,4,11H2,1-3H3,(H,23,29)/t17-,19+/m1/s1. The lowest BCUT2D eigenvalue weighted by atomic mass is 9.98. The first-order chi connectivity index (χ1) is 14.0. The van der Waals surface area contributed by atoms with Gasteiger partial charge in [-0.2, -0.15) is 0 Å². The first-order valence-corrected chi connectivity index (χ1v) is 9.51. The summed E-state index contributed by atoms with van der Waals surface area (Å²) >= 11 is 5.43. The average molecular weight is 419 g/mol. The fourth-order valence-electron chi connectivity index (χ4n) is 3.25. The zero-order valence-corrected chi connectivity index (χ0v) is 17.2. The van der Waals surface area contributed by atoms with E-state index in [1.165, 1.54) is 19.2 Å². The zero-order chi connectivity index (χ0) is 21.0. The molecular formula is C21H22FNO5S. The highest BCUT2D eigenvalue weighted by Crippen LogP contribution is 2.43. The summed E-state index contributed by atoms with van der Waals surface area (Å²) in [4.78, 5) is 12.3. The number of hydrogen-bond donors (Lipinski definition) is 1. The Labute approximate surface area is 173 Å². The lowest BCUT2D eigenvalue weighted by Crippen LogP contribution is -2.31. The fraction of sp³-hybridized carbons (Fsp3) is 0.333. The first kappa shape index (κ1) is 21.0. The molecule has 2 aromatic carbocycles. The van der Waals surface area contributed by atoms with E-state index < -0.39 is 24.0 Å². The van der Waals surface area contributed by atoms with Crippen molar-refractivity contribution >= 4 is 28.9 Å². The number of ether oxygens (including phenoxy) is 4. The molecule has 1 heterocycles. The van der Waals surface area contributed by atoms with E-state index in [1.807, 2.05) is 6.07 Å². The van der Waals surface area contributed by atoms with Crippen LogP contribution in [0, 0.1) is 5.82 Å². The molecule has 8 heteroatoms. The Balaban J connectivity index is 2.10. The van der Waals surface area contributed by atoms with E-state index in [2.05, 4.69) is 5.32 Å². The van der Waals surface area contributed by atoms with Crippen molar-refractivity contribution in [2.24, 2.45) is 0 Å². The Hall–Kier alpha value is -2.71. The number of carbonyl (C=O) groups is 1. The van der Waals surface area contributed by atoms with E-state index in [0.717, 1.165) is 0 Å². The van der Waals surface area contributed by atoms with Gasteiger partial charge in [0.05, 0.1) is 27.2 Å². The van der Waals surface area contributed by atoms with Crippen molar-refractivity contribution < 1.29 is 28.1 Å². The Morgan fingerprint density at radius 1 is 1.21 bits per heavy atom. The van der Waals surface area contributed by atoms with Gasteiger partial charge in [0.2, 0.25) is 0 Å². The van der Waals surface area contributed by atoms with Crippen molar-refractivity contribution in [2.45, 2.75) is 25.6 Å². The molecule has 0 saturated carbocycles. The highest BCUT2D eigenvalue weighted by atomic mass is 32.1. The number of hydrogen-bond acceptors (Lipinski definition) is 6. The number of carbonyl (C=O) groups excluding carboxylic acids is 1. The number of esters is 1. The van der Waals surface area contributed by atoms with E-state index in [9.17, 15) is 9.18 Å². The van der Waals surface area contributed by atoms with Gasteiger partial charge >= 0.3 is 5.97 Å². The first-order valence-electron chi connectivity index (χ1n) is 9.10. The third-order valence-electron chi connectivity index (χ3n) is 4.52. The minimum atomic E-state index is -0.764. The summed E-state index contributed by atoms with van der Waals surface area (Å²) in [7, 11) is 3.07. The number of benzene rings is 2. The molecule has 154 valence electrons. The van der Waals surface area contributed by atoms with Crippen LogP contribution in [0.4, 0.5) is 10.1 Å². The quantitative estimate of drug-likeness (QED) is 0.560. The Bertz CT molecular complexity index is 920. The lowest BCUT2D eigenvalue weighted by molar-refractivity contribution is -0.145. The van der Waals surface area contributed by atoms with Gasteiger partial charge in [0.25, 0.3) is 0 Å². The van der Waals surface area contributed by atoms with E-state index in [-0.39, 0.29) is 18.0 Å². The number of anilines is 1. The predicted molar refractivity (Wildman–Crippen MR) is 110 cm³/mol. The molecule has 1 N–H and O–H groups in total. The Kier molecular flexibility index (Phi) is 6.66. The van der Waals surface area contributed by atoms with Gasteiger partial charge in [-0.1, -0.05) is 30.4 Å². The third-order valence-corrected chi connectivity index (χ3v) is 4.89. The SMILES string of the molecule is CCOC(=O)C[C@H]1O[C@H](c2cccc(OC)c2OC)c2ccc(F)cc2NC1=S. The normalized spacial score (nSPS) is 18.3. The van der Waals surface area contributed by atoms with Crippen molar-refractivity contribution in [1.82, 2.24) is 0 Å². The molecule has 3 rings (SSSR count). The third kappa shape index (κ3) is 4.49. The maximum absolute atomic E-state index is 13.9. The van der Waals surface area contributed by atoms with Crippen LogP contribution < -0.4 is 14.8 Å². The molecule has 2 atom stereocenters. The average Bonchev–Trinajstić information content (AvgIpc) is 2.83. The molecule has 0 fully saturated rings. The lowest BCUT2D eigenvalue weighted by Gasteiger charge is -2.24. The minimum absolute atomic E-state index is 0.0705. The molecule has 2 aromatic rings. The summed E-state index contributed by atoms with van der Waals surface area (Å²) in [5, 5.41) is 3.01. The second kappa shape index (κ2) is 9.19. The number of rotatable bonds is 6. The van der Waals surface area contributed by atoms with Gasteiger partial charge in [-0.3, -0.25) is 4.79 Å². The summed E-state index contributed by atoms with van der Waals surface area (Å²) in [5.74, 6) is 0.159. The number of halogens is 1. The van der Waals surface area contributed by atoms with Crippen LogP contribution in [-0.4, -0.2) is 37.9 Å². The van der Waals surface area contributed by atoms with Crippen LogP contribution >= 0.6 is 12.2 Å². The molecule has 0 aliphatic carbocycles. The smallest absolute Gasteiger partial charge is 0.308 e. The molecule has 29 heavy (non-hydrogen) atoms. The molecular weight excluding hydrogens is 397 g/mol. The van der Waals surface area contributed by atoms with Crippen LogP contribution in [0.15, 0.2) is 36.4 Å². The summed E-state index contributed by atoms with van der Waals surface area (Å²) in [5.41, 5.74) is 1.79. The molecule has 0 bridgehead atoms. The minimum Gasteiger partial charge on any atom is -0.493 e. The molecule has 0 spiro atoms. The molecule has 0 radical (unpaired) electrons. The Morgan fingerprint density at radius 2 is 2.00 bits per heavy atom. The van der Waals surface area contributed by atoms with Crippen molar-refractivity contribution in [3.05, 3.63) is 53.3 Å². The molecule has 1 aliphatic rings. The Morgan fingerprint density at radius 3 is 2.69 bits per heavy atom. The highest BCUT2D eigenvalue weighted by Gasteiger charge is 2.33. The van der Waals surface area contributed by atoms with Crippen LogP contribution in [0.2, 0.25) is 0 Å². The molecule has 1 aliphatic heterocycles. The van der Waals surface area contributed by atoms with Crippen molar-refractivity contribution in [3.63, 3.8) is 0 Å². The maximum Gasteiger partial charge on any atom is 0.308 e. The fourth-order valence-corrected chi connectivity index (χ4v) is 3.50. The monoisotopic (exact) mass is 419 g/mol. The van der Waals surface area contributed by atoms with E-state index >= 15 is 0 Å². The predicted octanol–water partition coefficient (Wildman–Crippen LogP) is 4.02. The number of fused-ring (bicyclic) bond motifs is 1. The van der Waals surface area contributed by atoms with Crippen LogP contribution in [0.25, 0.3) is 0 Å². The van der Waals surface area contributed by atoms with Gasteiger partial charge in [-0.15, -0.1) is 0 Å². The van der Waals surface area contributed by atoms with Crippen LogP contribution in [0.3, 0.4) is 0 Å². The van der Waals surface area contributed by atoms with E-state index in [1.54, 1.807) is 32.2 Å². The topological polar surface area (TPSA) is 66.0 Å². The largest absolute Gasteiger partial charge is 0.493 e. The number of nitrogens with one attached hydrogen (secondary N) is 1. The van der Waals surface area contributed by atoms with E-state index in [4.69, 9.17) is 31.2 Å². The number of methoxy groups -OCH3 is 2. The zero-order valence-electron chi connectivity index (χ0n) is 16.4. The maximum atomic E-state index is 13.9. The van der Waals surface area contributed by atoms with Gasteiger partial charge < -0.3 is 24.3 Å². The second-order valence-corrected chi connectivity index (χ2v) is 6.76. The number of para-hydroxylation sites is 1. The second-order valence-electron chi connectivity index (χ2n) is 6.32. The van der Waals surface area contributed by atoms with Crippen molar-refractivity contribution in [1.29, 1.82) is 0 Å². The van der Waals surface area contributed by atoms with Crippen molar-refractivity contribution in [3.8, 4) is 11.5 Å². The highest BCUT2D eigenvalue weighted by molar-refractivity contribution is 7.80. The van der Waals surface area contributed by atoms with Gasteiger partial charge in [0, 0.05) is 16.8 Å². The molecule has 0 aromatic heterocycles. The summed E-state index contributed by atoms with van der Waals surface area (Å²) in [6.07, 6.45) is -1.51. The van der Waals surface area contributed by atoms with E-state index in [0.29, 0.717) is 28.3 Å². The number of thiocarbonyl (C=S) groups is 1. The summed E-state index contributed by atoms with van der Waals surface area (Å²) < 4.78 is 36.2. The van der Waals surface area contributed by atoms with Gasteiger partial charge in [-0.05, 0) is 25.1 Å². The molecule has 0 amide bonds. The van der Waals surface area contributed by atoms with Gasteiger partial charge in [0.15, 0.2) is 11.5 Å². The van der Waals surface area contributed by atoms with Crippen LogP contribution in [0.5, 0.6) is 11.5 Å². The van der Waals surface area contributed by atoms with Gasteiger partial charge in [-0.25, -0.2) is 4.39 Å². The van der Waals surface area contributed by atoms with Crippen molar-refractivity contribution in [2.75, 3.05) is 26.1 Å². The molecule has 0 unspecified atom stereocenters. The van der Waals surface area contributed by atoms with Crippen LogP contribution in [0.1, 0.15) is 30.6 Å². The molecule has 6 nitrogen and oxygen atoms in total. The summed E-state index contributed by atoms with van der Waals surface area (Å²) in [6, 6.07) is 9.71. The summed E-state index contributed by atoms with van der Waals surface area (Å²) in [6.45, 7) is 1.98. The van der Waals surface area contributed by atoms with Crippen LogP contribution in [-0.2, 0) is 14.3 Å². The molecule has 0 saturated heterocycles.